The van der Waals surface area contributed by atoms with Gasteiger partial charge in [0.1, 0.15) is 6.61 Å². The molecule has 3 unspecified atom stereocenters. The Balaban J connectivity index is 1.40. The summed E-state index contributed by atoms with van der Waals surface area (Å²) in [7, 11) is 0. The number of allylic oxidation sites excluding steroid dienone is 1. The highest BCUT2D eigenvalue weighted by Crippen LogP contribution is 2.56. The van der Waals surface area contributed by atoms with Crippen molar-refractivity contribution in [1.29, 1.82) is 0 Å². The number of carbonyl (C=O) groups is 1. The lowest BCUT2D eigenvalue weighted by molar-refractivity contribution is -0.166. The number of hydrogen-bond donors (Lipinski definition) is 0. The maximum absolute atomic E-state index is 12.6. The zero-order valence-electron chi connectivity index (χ0n) is 18.2. The topological polar surface area (TPSA) is 54.0 Å². The van der Waals surface area contributed by atoms with E-state index in [1.165, 1.54) is 5.57 Å². The van der Waals surface area contributed by atoms with Crippen LogP contribution in [-0.4, -0.2) is 26.0 Å². The number of fused-ring (bicyclic) bond motifs is 3. The van der Waals surface area contributed by atoms with Crippen LogP contribution in [0.15, 0.2) is 60.2 Å². The van der Waals surface area contributed by atoms with Crippen molar-refractivity contribution in [3.05, 3.63) is 71.3 Å². The van der Waals surface area contributed by atoms with Crippen molar-refractivity contribution < 1.29 is 23.7 Å². The van der Waals surface area contributed by atoms with Crippen LogP contribution in [0, 0.1) is 23.2 Å². The number of hydrogen-bond acceptors (Lipinski definition) is 5. The Bertz CT molecular complexity index is 1010. The van der Waals surface area contributed by atoms with Crippen molar-refractivity contribution in [2.24, 2.45) is 23.2 Å². The van der Waals surface area contributed by atoms with Gasteiger partial charge < -0.3 is 18.9 Å². The van der Waals surface area contributed by atoms with Gasteiger partial charge >= 0.3 is 5.97 Å². The van der Waals surface area contributed by atoms with E-state index in [0.29, 0.717) is 24.7 Å². The van der Waals surface area contributed by atoms with E-state index >= 15 is 0 Å². The highest BCUT2D eigenvalue weighted by Gasteiger charge is 2.54. The largest absolute Gasteiger partial charge is 0.461 e. The van der Waals surface area contributed by atoms with E-state index in [0.717, 1.165) is 17.1 Å². The molecule has 2 aromatic carbocycles. The molecule has 0 aromatic heterocycles. The Morgan fingerprint density at radius 1 is 1.10 bits per heavy atom. The summed E-state index contributed by atoms with van der Waals surface area (Å²) in [5.74, 6) is 2.02. The maximum Gasteiger partial charge on any atom is 0.338 e. The SMILES string of the molecule is CC1=CC(C)[C@@]2(COC(=O)c3ccccc3)COC(c3ccc4c(c3)OCO4)[C@@H]1C2C. The van der Waals surface area contributed by atoms with Crippen LogP contribution in [0.2, 0.25) is 0 Å². The average Bonchev–Trinajstić information content (AvgIpc) is 3.25. The predicted molar refractivity (Wildman–Crippen MR) is 116 cm³/mol. The molecule has 3 aliphatic rings. The van der Waals surface area contributed by atoms with Gasteiger partial charge in [0.2, 0.25) is 6.79 Å². The van der Waals surface area contributed by atoms with Crippen LogP contribution < -0.4 is 9.47 Å². The molecule has 2 aliphatic heterocycles. The molecule has 0 saturated carbocycles. The van der Waals surface area contributed by atoms with E-state index < -0.39 is 0 Å². The van der Waals surface area contributed by atoms with Gasteiger partial charge in [0.25, 0.3) is 0 Å². The molecule has 5 atom stereocenters. The molecule has 2 heterocycles. The van der Waals surface area contributed by atoms with Crippen molar-refractivity contribution >= 4 is 5.97 Å². The predicted octanol–water partition coefficient (Wildman–Crippen LogP) is 5.18. The minimum Gasteiger partial charge on any atom is -0.461 e. The van der Waals surface area contributed by atoms with Gasteiger partial charge in [-0.3, -0.25) is 0 Å². The average molecular weight is 421 g/mol. The Labute approximate surface area is 183 Å². The Morgan fingerprint density at radius 3 is 2.68 bits per heavy atom. The van der Waals surface area contributed by atoms with Gasteiger partial charge in [0.15, 0.2) is 11.5 Å². The van der Waals surface area contributed by atoms with E-state index in [4.69, 9.17) is 18.9 Å². The summed E-state index contributed by atoms with van der Waals surface area (Å²) in [6, 6.07) is 15.2. The number of ether oxygens (including phenoxy) is 4. The van der Waals surface area contributed by atoms with Crippen LogP contribution in [0.5, 0.6) is 11.5 Å². The minimum atomic E-state index is -0.282. The summed E-state index contributed by atoms with van der Waals surface area (Å²) < 4.78 is 23.4. The molecule has 5 nitrogen and oxygen atoms in total. The fourth-order valence-electron chi connectivity index (χ4n) is 5.51. The molecule has 2 bridgehead atoms. The van der Waals surface area contributed by atoms with Gasteiger partial charge in [0, 0.05) is 11.3 Å². The summed E-state index contributed by atoms with van der Waals surface area (Å²) in [5, 5.41) is 0. The fraction of sp³-hybridized carbons (Fsp3) is 0.423. The molecule has 0 amide bonds. The van der Waals surface area contributed by atoms with E-state index in [1.807, 2.05) is 30.3 Å². The molecular weight excluding hydrogens is 392 g/mol. The quantitative estimate of drug-likeness (QED) is 0.504. The zero-order chi connectivity index (χ0) is 21.6. The summed E-state index contributed by atoms with van der Waals surface area (Å²) in [6.45, 7) is 7.81. The number of esters is 1. The molecule has 5 heteroatoms. The highest BCUT2D eigenvalue weighted by atomic mass is 16.7. The van der Waals surface area contributed by atoms with Gasteiger partial charge in [-0.25, -0.2) is 4.79 Å². The van der Waals surface area contributed by atoms with Gasteiger partial charge in [-0.15, -0.1) is 0 Å². The van der Waals surface area contributed by atoms with Crippen LogP contribution in [0.1, 0.15) is 42.8 Å². The maximum atomic E-state index is 12.6. The normalized spacial score (nSPS) is 31.1. The number of carbonyl (C=O) groups excluding carboxylic acids is 1. The second kappa shape index (κ2) is 7.72. The van der Waals surface area contributed by atoms with Crippen molar-refractivity contribution in [3.8, 4) is 11.5 Å². The summed E-state index contributed by atoms with van der Waals surface area (Å²) >= 11 is 0. The molecule has 0 radical (unpaired) electrons. The standard InChI is InChI=1S/C26H28O5/c1-16-11-17(2)26(14-29-25(27)19-7-5-4-6-8-19)13-28-24(23(16)18(26)3)20-9-10-21-22(12-20)31-15-30-21/h4-12,17-18,23-24H,13-15H2,1-3H3/t17?,18?,23-,24?,26-/m0/s1. The molecular formula is C26H28O5. The first-order valence-electron chi connectivity index (χ1n) is 10.9. The van der Waals surface area contributed by atoms with Crippen molar-refractivity contribution in [2.45, 2.75) is 26.9 Å². The zero-order valence-corrected chi connectivity index (χ0v) is 18.2. The fourth-order valence-corrected chi connectivity index (χ4v) is 5.51. The lowest BCUT2D eigenvalue weighted by Gasteiger charge is -2.55. The molecule has 1 saturated heterocycles. The van der Waals surface area contributed by atoms with Crippen LogP contribution in [-0.2, 0) is 9.47 Å². The summed E-state index contributed by atoms with van der Waals surface area (Å²) in [4.78, 5) is 12.6. The summed E-state index contributed by atoms with van der Waals surface area (Å²) in [6.07, 6.45) is 2.27. The molecule has 31 heavy (non-hydrogen) atoms. The first kappa shape index (κ1) is 20.1. The lowest BCUT2D eigenvalue weighted by atomic mass is 9.56. The third-order valence-electron chi connectivity index (χ3n) is 7.46. The number of rotatable bonds is 4. The van der Waals surface area contributed by atoms with Crippen molar-refractivity contribution in [3.63, 3.8) is 0 Å². The van der Waals surface area contributed by atoms with Gasteiger partial charge in [-0.2, -0.15) is 0 Å². The molecule has 5 rings (SSSR count). The summed E-state index contributed by atoms with van der Waals surface area (Å²) in [5.41, 5.74) is 2.75. The molecule has 0 spiro atoms. The second-order valence-electron chi connectivity index (χ2n) is 9.03. The van der Waals surface area contributed by atoms with Crippen molar-refractivity contribution in [1.82, 2.24) is 0 Å². The molecule has 2 aromatic rings. The first-order chi connectivity index (χ1) is 15.0. The molecule has 0 N–H and O–H groups in total. The third-order valence-corrected chi connectivity index (χ3v) is 7.46. The van der Waals surface area contributed by atoms with Crippen LogP contribution in [0.3, 0.4) is 0 Å². The third kappa shape index (κ3) is 3.32. The first-order valence-corrected chi connectivity index (χ1v) is 10.9. The van der Waals surface area contributed by atoms with Gasteiger partial charge in [-0.1, -0.05) is 49.8 Å². The Kier molecular flexibility index (Phi) is 5.01. The van der Waals surface area contributed by atoms with E-state index in [9.17, 15) is 4.79 Å². The number of benzene rings is 2. The van der Waals surface area contributed by atoms with E-state index in [-0.39, 0.29) is 36.1 Å². The molecule has 1 aliphatic carbocycles. The Morgan fingerprint density at radius 2 is 1.87 bits per heavy atom. The van der Waals surface area contributed by atoms with Crippen LogP contribution in [0.4, 0.5) is 0 Å². The second-order valence-corrected chi connectivity index (χ2v) is 9.03. The Hall–Kier alpha value is -2.79. The molecule has 1 fully saturated rings. The van der Waals surface area contributed by atoms with E-state index in [2.05, 4.69) is 32.9 Å². The smallest absolute Gasteiger partial charge is 0.338 e. The van der Waals surface area contributed by atoms with Gasteiger partial charge in [-0.05, 0) is 48.6 Å². The van der Waals surface area contributed by atoms with Crippen LogP contribution >= 0.6 is 0 Å². The highest BCUT2D eigenvalue weighted by molar-refractivity contribution is 5.89. The van der Waals surface area contributed by atoms with Gasteiger partial charge in [0.05, 0.1) is 18.3 Å². The lowest BCUT2D eigenvalue weighted by Crippen LogP contribution is -2.54. The monoisotopic (exact) mass is 420 g/mol. The van der Waals surface area contributed by atoms with Crippen LogP contribution in [0.25, 0.3) is 0 Å². The van der Waals surface area contributed by atoms with Crippen molar-refractivity contribution in [2.75, 3.05) is 20.0 Å². The van der Waals surface area contributed by atoms with E-state index in [1.54, 1.807) is 12.1 Å². The molecule has 162 valence electrons. The minimum absolute atomic E-state index is 0.0637.